The summed E-state index contributed by atoms with van der Waals surface area (Å²) in [5.41, 5.74) is 0.883. The van der Waals surface area contributed by atoms with Gasteiger partial charge in [0.1, 0.15) is 5.54 Å². The second-order valence-electron chi connectivity index (χ2n) is 7.27. The fourth-order valence-corrected chi connectivity index (χ4v) is 3.94. The van der Waals surface area contributed by atoms with Crippen molar-refractivity contribution in [2.24, 2.45) is 5.92 Å². The molecular formula is C19H24N4O2. The average Bonchev–Trinajstić information content (AvgIpc) is 3.00. The van der Waals surface area contributed by atoms with Crippen LogP contribution in [0.2, 0.25) is 0 Å². The third-order valence-corrected chi connectivity index (χ3v) is 5.44. The van der Waals surface area contributed by atoms with E-state index in [1.807, 2.05) is 6.07 Å². The molecule has 0 unspecified atom stereocenters. The van der Waals surface area contributed by atoms with Crippen molar-refractivity contribution in [1.82, 2.24) is 20.8 Å². The highest BCUT2D eigenvalue weighted by Gasteiger charge is 2.42. The molecule has 2 atom stereocenters. The van der Waals surface area contributed by atoms with Gasteiger partial charge in [-0.3, -0.25) is 0 Å². The topological polar surface area (TPSA) is 80.0 Å². The Balaban J connectivity index is 1.33. The summed E-state index contributed by atoms with van der Waals surface area (Å²) in [6, 6.07) is 10.4. The molecule has 25 heavy (non-hydrogen) atoms. The van der Waals surface area contributed by atoms with Crippen molar-refractivity contribution in [2.75, 3.05) is 6.54 Å². The van der Waals surface area contributed by atoms with Gasteiger partial charge in [-0.05, 0) is 36.7 Å². The van der Waals surface area contributed by atoms with E-state index in [0.717, 1.165) is 32.1 Å². The Labute approximate surface area is 147 Å². The van der Waals surface area contributed by atoms with Crippen LogP contribution in [-0.4, -0.2) is 22.7 Å². The molecule has 6 heteroatoms. The number of urea groups is 1. The molecule has 4 rings (SSSR count). The van der Waals surface area contributed by atoms with Crippen LogP contribution in [0, 0.1) is 12.8 Å². The lowest BCUT2D eigenvalue weighted by Crippen LogP contribution is -2.49. The second-order valence-corrected chi connectivity index (χ2v) is 7.27. The molecule has 132 valence electrons. The standard InChI is InChI=1S/C19H24N4O2/c1-13-21-17(23-25-13)19(9-5-6-10-19)22-18(24)20-12-15-11-16(15)14-7-3-2-4-8-14/h2-4,7-8,15-16H,5-6,9-12H2,1H3,(H2,20,22,24)/t15-,16-/m1/s1. The van der Waals surface area contributed by atoms with Crippen LogP contribution >= 0.6 is 0 Å². The molecule has 0 spiro atoms. The smallest absolute Gasteiger partial charge is 0.315 e. The summed E-state index contributed by atoms with van der Waals surface area (Å²) >= 11 is 0. The van der Waals surface area contributed by atoms with Crippen molar-refractivity contribution in [3.05, 3.63) is 47.6 Å². The number of aromatic nitrogens is 2. The number of hydrogen-bond donors (Lipinski definition) is 2. The quantitative estimate of drug-likeness (QED) is 0.875. The minimum atomic E-state index is -0.482. The first-order valence-corrected chi connectivity index (χ1v) is 9.08. The fraction of sp³-hybridized carbons (Fsp3) is 0.526. The molecule has 0 aliphatic heterocycles. The van der Waals surface area contributed by atoms with Crippen molar-refractivity contribution in [1.29, 1.82) is 0 Å². The van der Waals surface area contributed by atoms with Gasteiger partial charge in [-0.1, -0.05) is 48.3 Å². The van der Waals surface area contributed by atoms with Crippen LogP contribution in [0.5, 0.6) is 0 Å². The van der Waals surface area contributed by atoms with Gasteiger partial charge >= 0.3 is 6.03 Å². The van der Waals surface area contributed by atoms with Crippen molar-refractivity contribution in [3.63, 3.8) is 0 Å². The zero-order chi connectivity index (χ0) is 17.3. The molecule has 1 aromatic carbocycles. The molecule has 1 aromatic heterocycles. The highest BCUT2D eigenvalue weighted by atomic mass is 16.5. The number of amides is 2. The van der Waals surface area contributed by atoms with Gasteiger partial charge < -0.3 is 15.2 Å². The van der Waals surface area contributed by atoms with Crippen LogP contribution in [-0.2, 0) is 5.54 Å². The Morgan fingerprint density at radius 2 is 2.04 bits per heavy atom. The van der Waals surface area contributed by atoms with Gasteiger partial charge in [-0.2, -0.15) is 4.98 Å². The van der Waals surface area contributed by atoms with Crippen molar-refractivity contribution in [3.8, 4) is 0 Å². The van der Waals surface area contributed by atoms with E-state index in [9.17, 15) is 4.79 Å². The van der Waals surface area contributed by atoms with E-state index in [2.05, 4.69) is 45.0 Å². The highest BCUT2D eigenvalue weighted by Crippen LogP contribution is 2.46. The average molecular weight is 340 g/mol. The minimum absolute atomic E-state index is 0.136. The number of aryl methyl sites for hydroxylation is 1. The van der Waals surface area contributed by atoms with E-state index < -0.39 is 5.54 Å². The van der Waals surface area contributed by atoms with E-state index >= 15 is 0 Å². The van der Waals surface area contributed by atoms with Crippen molar-refractivity contribution >= 4 is 6.03 Å². The van der Waals surface area contributed by atoms with E-state index in [1.165, 1.54) is 5.56 Å². The largest absolute Gasteiger partial charge is 0.340 e. The predicted octanol–water partition coefficient (Wildman–Crippen LogP) is 3.25. The molecule has 2 aliphatic carbocycles. The lowest BCUT2D eigenvalue weighted by molar-refractivity contribution is 0.220. The second kappa shape index (κ2) is 6.50. The molecule has 0 saturated heterocycles. The van der Waals surface area contributed by atoms with E-state index in [-0.39, 0.29) is 6.03 Å². The fourth-order valence-electron chi connectivity index (χ4n) is 3.94. The van der Waals surface area contributed by atoms with Crippen LogP contribution in [0.1, 0.15) is 55.3 Å². The number of nitrogens with one attached hydrogen (secondary N) is 2. The van der Waals surface area contributed by atoms with E-state index in [4.69, 9.17) is 4.52 Å². The van der Waals surface area contributed by atoms with E-state index in [1.54, 1.807) is 6.92 Å². The Kier molecular flexibility index (Phi) is 4.19. The third-order valence-electron chi connectivity index (χ3n) is 5.44. The minimum Gasteiger partial charge on any atom is -0.340 e. The maximum Gasteiger partial charge on any atom is 0.315 e. The van der Waals surface area contributed by atoms with Crippen molar-refractivity contribution in [2.45, 2.75) is 50.5 Å². The van der Waals surface area contributed by atoms with Gasteiger partial charge in [-0.25, -0.2) is 4.79 Å². The van der Waals surface area contributed by atoms with Gasteiger partial charge in [0, 0.05) is 13.5 Å². The lowest BCUT2D eigenvalue weighted by atomic mass is 9.97. The first kappa shape index (κ1) is 16.1. The maximum atomic E-state index is 12.5. The summed E-state index contributed by atoms with van der Waals surface area (Å²) in [4.78, 5) is 16.8. The van der Waals surface area contributed by atoms with Gasteiger partial charge in [0.15, 0.2) is 5.82 Å². The van der Waals surface area contributed by atoms with Crippen LogP contribution in [0.4, 0.5) is 4.79 Å². The molecule has 2 aliphatic rings. The number of nitrogens with zero attached hydrogens (tertiary/aromatic N) is 2. The van der Waals surface area contributed by atoms with Gasteiger partial charge in [-0.15, -0.1) is 0 Å². The molecular weight excluding hydrogens is 316 g/mol. The first-order chi connectivity index (χ1) is 12.2. The predicted molar refractivity (Wildman–Crippen MR) is 93.0 cm³/mol. The summed E-state index contributed by atoms with van der Waals surface area (Å²) < 4.78 is 5.12. The van der Waals surface area contributed by atoms with Gasteiger partial charge in [0.25, 0.3) is 0 Å². The zero-order valence-electron chi connectivity index (χ0n) is 14.5. The summed E-state index contributed by atoms with van der Waals surface area (Å²) in [5.74, 6) is 2.24. The zero-order valence-corrected chi connectivity index (χ0v) is 14.5. The summed E-state index contributed by atoms with van der Waals surface area (Å²) in [7, 11) is 0. The lowest BCUT2D eigenvalue weighted by Gasteiger charge is -2.26. The molecule has 2 aromatic rings. The molecule has 2 N–H and O–H groups in total. The number of hydrogen-bond acceptors (Lipinski definition) is 4. The van der Waals surface area contributed by atoms with Crippen LogP contribution in [0.25, 0.3) is 0 Å². The SMILES string of the molecule is Cc1nc(C2(NC(=O)NC[C@H]3C[C@@H]3c3ccccc3)CCCC2)no1. The Morgan fingerprint density at radius 1 is 1.28 bits per heavy atom. The molecule has 6 nitrogen and oxygen atoms in total. The molecule has 2 amide bonds. The molecule has 1 heterocycles. The van der Waals surface area contributed by atoms with Gasteiger partial charge in [0.05, 0.1) is 0 Å². The van der Waals surface area contributed by atoms with Crippen LogP contribution in [0.15, 0.2) is 34.9 Å². The first-order valence-electron chi connectivity index (χ1n) is 9.08. The van der Waals surface area contributed by atoms with Crippen molar-refractivity contribution < 1.29 is 9.32 Å². The Hall–Kier alpha value is -2.37. The summed E-state index contributed by atoms with van der Waals surface area (Å²) in [6.45, 7) is 2.47. The third kappa shape index (κ3) is 3.38. The molecule has 0 radical (unpaired) electrons. The normalized spacial score (nSPS) is 24.0. The van der Waals surface area contributed by atoms with Crippen LogP contribution in [0.3, 0.4) is 0 Å². The Morgan fingerprint density at radius 3 is 2.72 bits per heavy atom. The van der Waals surface area contributed by atoms with Crippen LogP contribution < -0.4 is 10.6 Å². The highest BCUT2D eigenvalue weighted by molar-refractivity contribution is 5.75. The molecule has 2 fully saturated rings. The Bertz CT molecular complexity index is 737. The summed E-state index contributed by atoms with van der Waals surface area (Å²) in [5, 5.41) is 10.2. The number of rotatable bonds is 5. The number of benzene rings is 1. The van der Waals surface area contributed by atoms with Gasteiger partial charge in [0.2, 0.25) is 5.89 Å². The monoisotopic (exact) mass is 340 g/mol. The number of carbonyl (C=O) groups excluding carboxylic acids is 1. The van der Waals surface area contributed by atoms with E-state index in [0.29, 0.717) is 30.1 Å². The summed E-state index contributed by atoms with van der Waals surface area (Å²) in [6.07, 6.45) is 4.98. The maximum absolute atomic E-state index is 12.5. The molecule has 0 bridgehead atoms. The number of carbonyl (C=O) groups is 1. The molecule has 2 saturated carbocycles.